The number of amides is 1. The Labute approximate surface area is 127 Å². The first-order chi connectivity index (χ1) is 10.6. The van der Waals surface area contributed by atoms with E-state index in [0.717, 1.165) is 5.69 Å². The summed E-state index contributed by atoms with van der Waals surface area (Å²) in [6.07, 6.45) is 1.83. The van der Waals surface area contributed by atoms with Crippen LogP contribution >= 0.6 is 0 Å². The van der Waals surface area contributed by atoms with Gasteiger partial charge in [-0.2, -0.15) is 5.10 Å². The van der Waals surface area contributed by atoms with E-state index < -0.39 is 0 Å². The molecule has 0 radical (unpaired) electrons. The van der Waals surface area contributed by atoms with Gasteiger partial charge in [0.15, 0.2) is 0 Å². The molecule has 0 aromatic heterocycles. The molecule has 0 spiro atoms. The van der Waals surface area contributed by atoms with Gasteiger partial charge in [-0.25, -0.2) is 0 Å². The molecule has 0 saturated carbocycles. The molecule has 22 heavy (non-hydrogen) atoms. The third kappa shape index (κ3) is 2.85. The molecule has 6 nitrogen and oxygen atoms in total. The number of aromatic hydroxyl groups is 2. The molecule has 112 valence electrons. The van der Waals surface area contributed by atoms with E-state index in [9.17, 15) is 15.0 Å². The van der Waals surface area contributed by atoms with Crippen LogP contribution in [0.3, 0.4) is 0 Å². The zero-order chi connectivity index (χ0) is 15.5. The number of carbonyl (C=O) groups is 1. The van der Waals surface area contributed by atoms with Gasteiger partial charge in [0.25, 0.3) is 0 Å². The predicted molar refractivity (Wildman–Crippen MR) is 84.4 cm³/mol. The number of hydrogen-bond acceptors (Lipinski definition) is 5. The van der Waals surface area contributed by atoms with Crippen molar-refractivity contribution in [3.63, 3.8) is 0 Å². The van der Waals surface area contributed by atoms with E-state index in [1.54, 1.807) is 11.1 Å². The van der Waals surface area contributed by atoms with Crippen LogP contribution in [0.1, 0.15) is 12.0 Å². The van der Waals surface area contributed by atoms with Gasteiger partial charge in [0, 0.05) is 18.1 Å². The first-order valence-corrected chi connectivity index (χ1v) is 6.86. The second kappa shape index (κ2) is 5.77. The molecule has 0 fully saturated rings. The molecule has 0 saturated heterocycles. The van der Waals surface area contributed by atoms with Gasteiger partial charge in [0.05, 0.1) is 24.1 Å². The second-order valence-corrected chi connectivity index (χ2v) is 4.93. The van der Waals surface area contributed by atoms with Crippen molar-refractivity contribution in [1.29, 1.82) is 0 Å². The zero-order valence-corrected chi connectivity index (χ0v) is 11.7. The molecule has 0 atom stereocenters. The molecule has 1 heterocycles. The Hall–Kier alpha value is -3.02. The smallest absolute Gasteiger partial charge is 0.226 e. The van der Waals surface area contributed by atoms with Crippen LogP contribution in [0.2, 0.25) is 0 Å². The number of phenolic OH excluding ortho intramolecular Hbond substituents is 2. The number of phenols is 2. The fraction of sp³-hybridized carbons (Fsp3) is 0.125. The topological polar surface area (TPSA) is 85.2 Å². The summed E-state index contributed by atoms with van der Waals surface area (Å²) in [5.41, 5.74) is 1.98. The Bertz CT molecular complexity index is 743. The molecule has 1 aliphatic rings. The summed E-state index contributed by atoms with van der Waals surface area (Å²) >= 11 is 0. The maximum atomic E-state index is 11.7. The van der Waals surface area contributed by atoms with Gasteiger partial charge in [0.2, 0.25) is 5.91 Å². The molecule has 6 heteroatoms. The van der Waals surface area contributed by atoms with Gasteiger partial charge in [-0.15, -0.1) is 0 Å². The highest BCUT2D eigenvalue weighted by Crippen LogP contribution is 2.29. The van der Waals surface area contributed by atoms with Crippen LogP contribution in [0.4, 0.5) is 11.4 Å². The molecular weight excluding hydrogens is 282 g/mol. The van der Waals surface area contributed by atoms with Crippen LogP contribution in [0.25, 0.3) is 0 Å². The first-order valence-electron chi connectivity index (χ1n) is 6.86. The Morgan fingerprint density at radius 2 is 2.00 bits per heavy atom. The molecule has 3 rings (SSSR count). The zero-order valence-electron chi connectivity index (χ0n) is 11.7. The number of para-hydroxylation sites is 2. The molecule has 1 aliphatic heterocycles. The summed E-state index contributed by atoms with van der Waals surface area (Å²) in [5, 5.41) is 28.0. The lowest BCUT2D eigenvalue weighted by molar-refractivity contribution is -0.115. The maximum absolute atomic E-state index is 11.7. The molecule has 0 aliphatic carbocycles. The van der Waals surface area contributed by atoms with Crippen molar-refractivity contribution in [2.75, 3.05) is 16.9 Å². The minimum Gasteiger partial charge on any atom is -0.508 e. The molecule has 0 unspecified atom stereocenters. The van der Waals surface area contributed by atoms with Gasteiger partial charge < -0.3 is 15.5 Å². The number of carbonyl (C=O) groups excluding carboxylic acids is 1. The first kappa shape index (κ1) is 13.9. The van der Waals surface area contributed by atoms with E-state index in [4.69, 9.17) is 0 Å². The number of rotatable bonds is 2. The standard InChI is InChI=1S/C16H15N3O3/c20-12-6-5-11(15(21)9-12)10-17-19-8-7-16(22)18-13-3-1-2-4-14(13)19/h1-6,9-10,20-21H,7-8H2,(H,18,22)/b17-10-. The lowest BCUT2D eigenvalue weighted by Crippen LogP contribution is -2.18. The Balaban J connectivity index is 1.91. The second-order valence-electron chi connectivity index (χ2n) is 4.93. The number of hydrazone groups is 1. The van der Waals surface area contributed by atoms with Crippen molar-refractivity contribution in [3.05, 3.63) is 48.0 Å². The van der Waals surface area contributed by atoms with Crippen LogP contribution in [0, 0.1) is 0 Å². The molecule has 2 aromatic carbocycles. The Morgan fingerprint density at radius 1 is 1.18 bits per heavy atom. The highest BCUT2D eigenvalue weighted by Gasteiger charge is 2.17. The maximum Gasteiger partial charge on any atom is 0.226 e. The molecule has 1 amide bonds. The SMILES string of the molecule is O=C1CCN(/N=C\c2ccc(O)cc2O)c2ccccc2N1. The summed E-state index contributed by atoms with van der Waals surface area (Å²) in [6, 6.07) is 11.7. The summed E-state index contributed by atoms with van der Waals surface area (Å²) in [5.74, 6) is -0.122. The number of nitrogens with zero attached hydrogens (tertiary/aromatic N) is 2. The normalized spacial score (nSPS) is 14.5. The van der Waals surface area contributed by atoms with Crippen molar-refractivity contribution in [1.82, 2.24) is 0 Å². The largest absolute Gasteiger partial charge is 0.508 e. The average Bonchev–Trinajstić information content (AvgIpc) is 2.65. The van der Waals surface area contributed by atoms with Crippen molar-refractivity contribution < 1.29 is 15.0 Å². The van der Waals surface area contributed by atoms with Gasteiger partial charge in [-0.3, -0.25) is 9.80 Å². The van der Waals surface area contributed by atoms with Gasteiger partial charge in [-0.05, 0) is 24.3 Å². The lowest BCUT2D eigenvalue weighted by atomic mass is 10.2. The molecule has 0 bridgehead atoms. The van der Waals surface area contributed by atoms with Crippen molar-refractivity contribution in [2.45, 2.75) is 6.42 Å². The van der Waals surface area contributed by atoms with E-state index >= 15 is 0 Å². The van der Waals surface area contributed by atoms with Crippen LogP contribution in [-0.4, -0.2) is 28.9 Å². The number of fused-ring (bicyclic) bond motifs is 1. The fourth-order valence-corrected chi connectivity index (χ4v) is 2.24. The monoisotopic (exact) mass is 297 g/mol. The minimum absolute atomic E-state index is 0.00966. The molecule has 2 aromatic rings. The van der Waals surface area contributed by atoms with E-state index in [1.807, 2.05) is 24.3 Å². The Kier molecular flexibility index (Phi) is 3.65. The minimum atomic E-state index is -0.0577. The van der Waals surface area contributed by atoms with Crippen molar-refractivity contribution >= 4 is 23.5 Å². The van der Waals surface area contributed by atoms with E-state index in [1.165, 1.54) is 18.3 Å². The number of nitrogens with one attached hydrogen (secondary N) is 1. The van der Waals surface area contributed by atoms with Crippen LogP contribution in [0.5, 0.6) is 11.5 Å². The third-order valence-corrected chi connectivity index (χ3v) is 3.36. The summed E-state index contributed by atoms with van der Waals surface area (Å²) < 4.78 is 0. The van der Waals surface area contributed by atoms with Gasteiger partial charge in [0.1, 0.15) is 11.5 Å². The summed E-state index contributed by atoms with van der Waals surface area (Å²) in [4.78, 5) is 11.7. The summed E-state index contributed by atoms with van der Waals surface area (Å²) in [7, 11) is 0. The van der Waals surface area contributed by atoms with E-state index in [-0.39, 0.29) is 17.4 Å². The molecule has 3 N–H and O–H groups in total. The predicted octanol–water partition coefficient (Wildman–Crippen LogP) is 2.28. The van der Waals surface area contributed by atoms with Crippen LogP contribution < -0.4 is 10.3 Å². The van der Waals surface area contributed by atoms with E-state index in [2.05, 4.69) is 10.4 Å². The van der Waals surface area contributed by atoms with Crippen LogP contribution in [0.15, 0.2) is 47.6 Å². The van der Waals surface area contributed by atoms with Crippen molar-refractivity contribution in [3.8, 4) is 11.5 Å². The van der Waals surface area contributed by atoms with Gasteiger partial charge in [-0.1, -0.05) is 12.1 Å². The summed E-state index contributed by atoms with van der Waals surface area (Å²) in [6.45, 7) is 0.443. The molecular formula is C16H15N3O3. The fourth-order valence-electron chi connectivity index (χ4n) is 2.24. The lowest BCUT2D eigenvalue weighted by Gasteiger charge is -2.18. The highest BCUT2D eigenvalue weighted by molar-refractivity contribution is 5.96. The van der Waals surface area contributed by atoms with E-state index in [0.29, 0.717) is 24.2 Å². The number of hydrogen-bond donors (Lipinski definition) is 3. The van der Waals surface area contributed by atoms with Gasteiger partial charge >= 0.3 is 0 Å². The Morgan fingerprint density at radius 3 is 2.82 bits per heavy atom. The van der Waals surface area contributed by atoms with Crippen LogP contribution in [-0.2, 0) is 4.79 Å². The van der Waals surface area contributed by atoms with Crippen molar-refractivity contribution in [2.24, 2.45) is 5.10 Å². The third-order valence-electron chi connectivity index (χ3n) is 3.36. The number of benzene rings is 2. The highest BCUT2D eigenvalue weighted by atomic mass is 16.3. The quantitative estimate of drug-likeness (QED) is 0.742. The number of anilines is 2. The average molecular weight is 297 g/mol.